The highest BCUT2D eigenvalue weighted by molar-refractivity contribution is 9.10. The van der Waals surface area contributed by atoms with Crippen LogP contribution in [0.2, 0.25) is 0 Å². The first kappa shape index (κ1) is 20.5. The van der Waals surface area contributed by atoms with E-state index in [4.69, 9.17) is 0 Å². The molecular weight excluding hydrogens is 444 g/mol. The molecule has 0 saturated heterocycles. The number of sulfone groups is 1. The van der Waals surface area contributed by atoms with Gasteiger partial charge in [-0.25, -0.2) is 8.42 Å². The number of fused-ring (bicyclic) bond motifs is 1. The fraction of sp³-hybridized carbons (Fsp3) is 0.300. The average molecular weight is 465 g/mol. The summed E-state index contributed by atoms with van der Waals surface area (Å²) in [7, 11) is -1.97. The van der Waals surface area contributed by atoms with Gasteiger partial charge in [-0.1, -0.05) is 15.9 Å². The second-order valence-electron chi connectivity index (χ2n) is 6.71. The van der Waals surface area contributed by atoms with Gasteiger partial charge in [0.2, 0.25) is 11.8 Å². The summed E-state index contributed by atoms with van der Waals surface area (Å²) in [5.41, 5.74) is 2.31. The summed E-state index contributed by atoms with van der Waals surface area (Å²) in [6.07, 6.45) is 0.523. The van der Waals surface area contributed by atoms with Crippen molar-refractivity contribution in [1.82, 2.24) is 0 Å². The van der Waals surface area contributed by atoms with Crippen LogP contribution in [0.1, 0.15) is 18.9 Å². The molecule has 0 fully saturated rings. The molecule has 0 spiro atoms. The van der Waals surface area contributed by atoms with E-state index in [9.17, 15) is 18.0 Å². The number of hydrogen-bond acceptors (Lipinski definition) is 4. The lowest BCUT2D eigenvalue weighted by Gasteiger charge is -2.17. The molecule has 28 heavy (non-hydrogen) atoms. The van der Waals surface area contributed by atoms with E-state index in [1.807, 2.05) is 12.1 Å². The van der Waals surface area contributed by atoms with Crippen molar-refractivity contribution < 1.29 is 18.0 Å². The molecule has 3 rings (SSSR count). The van der Waals surface area contributed by atoms with Crippen LogP contribution in [0.3, 0.4) is 0 Å². The van der Waals surface area contributed by atoms with E-state index in [-0.39, 0.29) is 28.9 Å². The van der Waals surface area contributed by atoms with Crippen LogP contribution in [-0.4, -0.2) is 39.6 Å². The van der Waals surface area contributed by atoms with Crippen LogP contribution in [0.5, 0.6) is 0 Å². The third kappa shape index (κ3) is 4.28. The van der Waals surface area contributed by atoms with Crippen molar-refractivity contribution in [3.8, 4) is 0 Å². The number of amides is 2. The van der Waals surface area contributed by atoms with Crippen LogP contribution in [0.25, 0.3) is 0 Å². The average Bonchev–Trinajstić information content (AvgIpc) is 3.09. The van der Waals surface area contributed by atoms with Crippen molar-refractivity contribution in [2.45, 2.75) is 24.7 Å². The summed E-state index contributed by atoms with van der Waals surface area (Å²) in [6, 6.07) is 12.0. The zero-order chi connectivity index (χ0) is 20.5. The van der Waals surface area contributed by atoms with Crippen LogP contribution in [0.4, 0.5) is 11.4 Å². The third-order valence-corrected chi connectivity index (χ3v) is 7.10. The van der Waals surface area contributed by atoms with Crippen molar-refractivity contribution in [3.63, 3.8) is 0 Å². The Bertz CT molecular complexity index is 1020. The number of nitrogens with zero attached hydrogens (tertiary/aromatic N) is 2. The fourth-order valence-corrected chi connectivity index (χ4v) is 4.76. The summed E-state index contributed by atoms with van der Waals surface area (Å²) in [6.45, 7) is 2.05. The van der Waals surface area contributed by atoms with E-state index in [1.165, 1.54) is 17.9 Å². The normalized spacial score (nSPS) is 13.3. The first-order valence-corrected chi connectivity index (χ1v) is 11.3. The van der Waals surface area contributed by atoms with Crippen molar-refractivity contribution in [2.24, 2.45) is 0 Å². The molecule has 0 atom stereocenters. The predicted molar refractivity (Wildman–Crippen MR) is 112 cm³/mol. The quantitative estimate of drug-likeness (QED) is 0.680. The minimum absolute atomic E-state index is 0.0593. The van der Waals surface area contributed by atoms with Gasteiger partial charge in [0.05, 0.1) is 10.6 Å². The molecule has 1 aliphatic rings. The molecule has 2 amide bonds. The second kappa shape index (κ2) is 8.05. The Morgan fingerprint density at radius 1 is 1.14 bits per heavy atom. The molecule has 1 heterocycles. The maximum atomic E-state index is 12.7. The zero-order valence-corrected chi connectivity index (χ0v) is 18.1. The third-order valence-electron chi connectivity index (χ3n) is 4.86. The smallest absolute Gasteiger partial charge is 0.227 e. The lowest BCUT2D eigenvalue weighted by Crippen LogP contribution is -2.28. The second-order valence-corrected chi connectivity index (χ2v) is 9.73. The van der Waals surface area contributed by atoms with Gasteiger partial charge in [-0.3, -0.25) is 9.59 Å². The molecule has 6 nitrogen and oxygen atoms in total. The standard InChI is InChI=1S/C20H21BrN2O4S/c1-14(24)23-11-9-15-13-18(7-8-19(15)23)28(26,27)12-10-20(25)22(2)17-5-3-16(21)4-6-17/h3-8,13H,9-12H2,1-2H3. The monoisotopic (exact) mass is 464 g/mol. The lowest BCUT2D eigenvalue weighted by molar-refractivity contribution is -0.118. The van der Waals surface area contributed by atoms with Gasteiger partial charge >= 0.3 is 0 Å². The molecule has 0 bridgehead atoms. The summed E-state index contributed by atoms with van der Waals surface area (Å²) in [5, 5.41) is 0. The fourth-order valence-electron chi connectivity index (χ4n) is 3.21. The van der Waals surface area contributed by atoms with Crippen molar-refractivity contribution in [3.05, 3.63) is 52.5 Å². The van der Waals surface area contributed by atoms with Gasteiger partial charge in [-0.2, -0.15) is 0 Å². The Balaban J connectivity index is 1.69. The van der Waals surface area contributed by atoms with Gasteiger partial charge in [-0.15, -0.1) is 0 Å². The van der Waals surface area contributed by atoms with Crippen molar-refractivity contribution in [1.29, 1.82) is 0 Å². The molecule has 0 unspecified atom stereocenters. The molecule has 8 heteroatoms. The number of carbonyl (C=O) groups is 2. The van der Waals surface area contributed by atoms with Gasteiger partial charge in [0, 0.05) is 42.8 Å². The van der Waals surface area contributed by atoms with Crippen LogP contribution >= 0.6 is 15.9 Å². The highest BCUT2D eigenvalue weighted by Gasteiger charge is 2.25. The molecule has 0 radical (unpaired) electrons. The maximum Gasteiger partial charge on any atom is 0.227 e. The molecule has 0 aliphatic carbocycles. The Kier molecular flexibility index (Phi) is 5.90. The molecule has 0 saturated carbocycles. The van der Waals surface area contributed by atoms with E-state index in [0.29, 0.717) is 18.7 Å². The van der Waals surface area contributed by atoms with Gasteiger partial charge < -0.3 is 9.80 Å². The maximum absolute atomic E-state index is 12.7. The molecule has 1 aliphatic heterocycles. The Hall–Kier alpha value is -2.19. The van der Waals surface area contributed by atoms with E-state index in [1.54, 1.807) is 36.2 Å². The Labute approximate surface area is 173 Å². The summed E-state index contributed by atoms with van der Waals surface area (Å²) >= 11 is 3.34. The van der Waals surface area contributed by atoms with Crippen LogP contribution in [0, 0.1) is 0 Å². The minimum Gasteiger partial charge on any atom is -0.315 e. The molecule has 2 aromatic rings. The highest BCUT2D eigenvalue weighted by Crippen LogP contribution is 2.30. The summed E-state index contributed by atoms with van der Waals surface area (Å²) in [5.74, 6) is -0.590. The van der Waals surface area contributed by atoms with Crippen LogP contribution < -0.4 is 9.80 Å². The highest BCUT2D eigenvalue weighted by atomic mass is 79.9. The van der Waals surface area contributed by atoms with Gasteiger partial charge in [0.15, 0.2) is 9.84 Å². The number of rotatable bonds is 5. The number of hydrogen-bond donors (Lipinski definition) is 0. The van der Waals surface area contributed by atoms with Crippen molar-refractivity contribution >= 4 is 49.0 Å². The van der Waals surface area contributed by atoms with E-state index < -0.39 is 9.84 Å². The number of anilines is 2. The van der Waals surface area contributed by atoms with Crippen LogP contribution in [-0.2, 0) is 25.8 Å². The lowest BCUT2D eigenvalue weighted by atomic mass is 10.2. The summed E-state index contributed by atoms with van der Waals surface area (Å²) in [4.78, 5) is 27.3. The van der Waals surface area contributed by atoms with E-state index in [2.05, 4.69) is 15.9 Å². The first-order valence-electron chi connectivity index (χ1n) is 8.85. The molecule has 148 valence electrons. The van der Waals surface area contributed by atoms with Crippen molar-refractivity contribution in [2.75, 3.05) is 29.1 Å². The van der Waals surface area contributed by atoms with Gasteiger partial charge in [0.25, 0.3) is 0 Å². The number of carbonyl (C=O) groups excluding carboxylic acids is 2. The summed E-state index contributed by atoms with van der Waals surface area (Å²) < 4.78 is 26.3. The zero-order valence-electron chi connectivity index (χ0n) is 15.7. The number of benzene rings is 2. The molecule has 0 aromatic heterocycles. The first-order chi connectivity index (χ1) is 13.2. The topological polar surface area (TPSA) is 74.8 Å². The molecular formula is C20H21BrN2O4S. The number of halogens is 1. The minimum atomic E-state index is -3.60. The largest absolute Gasteiger partial charge is 0.315 e. The molecule has 2 aromatic carbocycles. The predicted octanol–water partition coefficient (Wildman–Crippen LogP) is 3.18. The van der Waals surface area contributed by atoms with E-state index >= 15 is 0 Å². The van der Waals surface area contributed by atoms with E-state index in [0.717, 1.165) is 15.7 Å². The Morgan fingerprint density at radius 3 is 2.46 bits per heavy atom. The SMILES string of the molecule is CC(=O)N1CCc2cc(S(=O)(=O)CCC(=O)N(C)c3ccc(Br)cc3)ccc21. The Morgan fingerprint density at radius 2 is 1.82 bits per heavy atom. The van der Waals surface area contributed by atoms with Gasteiger partial charge in [-0.05, 0) is 54.4 Å². The molecule has 0 N–H and O–H groups in total. The van der Waals surface area contributed by atoms with Gasteiger partial charge in [0.1, 0.15) is 0 Å². The van der Waals surface area contributed by atoms with Crippen LogP contribution in [0.15, 0.2) is 51.8 Å².